The number of fused-ring (bicyclic) bond motifs is 1. The van der Waals surface area contributed by atoms with Gasteiger partial charge in [-0.3, -0.25) is 4.98 Å². The number of aromatic nitrogens is 4. The molecule has 3 aromatic rings. The molecule has 3 aromatic heterocycles. The van der Waals surface area contributed by atoms with Crippen molar-refractivity contribution in [3.05, 3.63) is 23.7 Å². The Balaban J connectivity index is 1.44. The van der Waals surface area contributed by atoms with Crippen molar-refractivity contribution in [2.24, 2.45) is 5.92 Å². The van der Waals surface area contributed by atoms with Crippen LogP contribution in [0.2, 0.25) is 0 Å². The number of aliphatic hydroxyl groups excluding tert-OH is 1. The maximum absolute atomic E-state index is 10.7. The lowest BCUT2D eigenvalue weighted by atomic mass is 9.98. The van der Waals surface area contributed by atoms with Crippen LogP contribution in [-0.4, -0.2) is 54.9 Å². The Hall–Kier alpha value is -2.36. The normalized spacial score (nSPS) is 21.9. The molecule has 4 N–H and O–H groups in total. The lowest BCUT2D eigenvalue weighted by Gasteiger charge is -2.22. The van der Waals surface area contributed by atoms with Crippen LogP contribution in [0.15, 0.2) is 12.3 Å². The predicted molar refractivity (Wildman–Crippen MR) is 136 cm³/mol. The molecule has 2 saturated carbocycles. The predicted octanol–water partition coefficient (Wildman–Crippen LogP) is 4.45. The second-order valence-corrected chi connectivity index (χ2v) is 11.0. The first-order valence-corrected chi connectivity index (χ1v) is 13.2. The molecule has 0 radical (unpaired) electrons. The monoisotopic (exact) mass is 482 g/mol. The molecule has 3 heterocycles. The highest BCUT2D eigenvalue weighted by atomic mass is 32.1. The minimum absolute atomic E-state index is 0.230. The van der Waals surface area contributed by atoms with E-state index < -0.39 is 5.60 Å². The molecule has 0 spiro atoms. The van der Waals surface area contributed by atoms with E-state index in [9.17, 15) is 10.2 Å². The van der Waals surface area contributed by atoms with Crippen molar-refractivity contribution < 1.29 is 10.2 Å². The number of rotatable bonds is 8. The van der Waals surface area contributed by atoms with Crippen LogP contribution in [0.4, 0.5) is 11.8 Å². The second kappa shape index (κ2) is 9.71. The average molecular weight is 483 g/mol. The van der Waals surface area contributed by atoms with Gasteiger partial charge in [-0.15, -0.1) is 11.3 Å². The van der Waals surface area contributed by atoms with E-state index in [1.807, 2.05) is 26.1 Å². The lowest BCUT2D eigenvalue weighted by molar-refractivity contribution is 0.0424. The molecule has 5 rings (SSSR count). The highest BCUT2D eigenvalue weighted by Gasteiger charge is 2.31. The van der Waals surface area contributed by atoms with Gasteiger partial charge in [0.05, 0.1) is 27.3 Å². The summed E-state index contributed by atoms with van der Waals surface area (Å²) < 4.78 is 1.10. The van der Waals surface area contributed by atoms with Gasteiger partial charge in [-0.1, -0.05) is 12.8 Å². The van der Waals surface area contributed by atoms with Gasteiger partial charge in [0.1, 0.15) is 16.3 Å². The van der Waals surface area contributed by atoms with Gasteiger partial charge < -0.3 is 20.8 Å². The summed E-state index contributed by atoms with van der Waals surface area (Å²) in [6.07, 6.45) is 9.42. The van der Waals surface area contributed by atoms with Crippen molar-refractivity contribution in [2.75, 3.05) is 23.8 Å². The zero-order valence-corrected chi connectivity index (χ0v) is 20.8. The van der Waals surface area contributed by atoms with Gasteiger partial charge in [0, 0.05) is 25.4 Å². The van der Waals surface area contributed by atoms with Gasteiger partial charge in [-0.2, -0.15) is 4.98 Å². The summed E-state index contributed by atoms with van der Waals surface area (Å²) in [6, 6.07) is 2.26. The molecule has 0 amide bonds. The Bertz CT molecular complexity index is 1160. The number of nitrogens with zero attached hydrogens (tertiary/aromatic N) is 4. The fraction of sp³-hybridized carbons (Fsp3) is 0.600. The highest BCUT2D eigenvalue weighted by molar-refractivity contribution is 7.21. The highest BCUT2D eigenvalue weighted by Crippen LogP contribution is 2.38. The minimum Gasteiger partial charge on any atom is -0.396 e. The molecule has 34 heavy (non-hydrogen) atoms. The maximum atomic E-state index is 10.7. The first kappa shape index (κ1) is 23.4. The fourth-order valence-electron chi connectivity index (χ4n) is 5.36. The number of hydrogen-bond acceptors (Lipinski definition) is 9. The van der Waals surface area contributed by atoms with Crippen LogP contribution in [0, 0.1) is 19.8 Å². The number of pyridine rings is 1. The summed E-state index contributed by atoms with van der Waals surface area (Å²) in [5, 5.41) is 28.1. The van der Waals surface area contributed by atoms with Crippen molar-refractivity contribution in [2.45, 2.75) is 76.9 Å². The Morgan fingerprint density at radius 3 is 2.68 bits per heavy atom. The third-order valence-electron chi connectivity index (χ3n) is 7.34. The average Bonchev–Trinajstić information content (AvgIpc) is 3.54. The van der Waals surface area contributed by atoms with Crippen LogP contribution in [0.5, 0.6) is 0 Å². The summed E-state index contributed by atoms with van der Waals surface area (Å²) in [5.41, 5.74) is 3.06. The van der Waals surface area contributed by atoms with Gasteiger partial charge in [0.25, 0.3) is 0 Å². The molecule has 9 heteroatoms. The molecule has 182 valence electrons. The number of aliphatic hydroxyl groups is 2. The molecule has 0 bridgehead atoms. The zero-order valence-electron chi connectivity index (χ0n) is 20.0. The quantitative estimate of drug-likeness (QED) is 0.372. The Morgan fingerprint density at radius 1 is 1.12 bits per heavy atom. The number of hydrogen-bond donors (Lipinski definition) is 4. The summed E-state index contributed by atoms with van der Waals surface area (Å²) >= 11 is 1.63. The number of thiazole rings is 1. The van der Waals surface area contributed by atoms with Gasteiger partial charge in [0.2, 0.25) is 5.95 Å². The molecule has 0 aromatic carbocycles. The molecule has 2 fully saturated rings. The van der Waals surface area contributed by atoms with Crippen LogP contribution >= 0.6 is 11.3 Å². The fourth-order valence-corrected chi connectivity index (χ4v) is 6.47. The minimum atomic E-state index is -0.556. The van der Waals surface area contributed by atoms with Crippen LogP contribution < -0.4 is 10.6 Å². The molecule has 2 unspecified atom stereocenters. The summed E-state index contributed by atoms with van der Waals surface area (Å²) in [5.74, 6) is 1.69. The summed E-state index contributed by atoms with van der Waals surface area (Å²) in [6.45, 7) is 4.85. The van der Waals surface area contributed by atoms with Crippen molar-refractivity contribution >= 4 is 33.3 Å². The van der Waals surface area contributed by atoms with Gasteiger partial charge >= 0.3 is 0 Å². The zero-order chi connectivity index (χ0) is 23.7. The third-order valence-corrected chi connectivity index (χ3v) is 8.38. The van der Waals surface area contributed by atoms with Crippen LogP contribution in [0.1, 0.15) is 62.8 Å². The van der Waals surface area contributed by atoms with Gasteiger partial charge in [-0.25, -0.2) is 9.97 Å². The smallest absolute Gasteiger partial charge is 0.224 e. The summed E-state index contributed by atoms with van der Waals surface area (Å²) in [4.78, 5) is 18.9. The van der Waals surface area contributed by atoms with E-state index in [1.54, 1.807) is 11.3 Å². The van der Waals surface area contributed by atoms with E-state index in [0.29, 0.717) is 24.8 Å². The topological polar surface area (TPSA) is 116 Å². The molecule has 2 aliphatic rings. The van der Waals surface area contributed by atoms with Gasteiger partial charge in [0.15, 0.2) is 0 Å². The Morgan fingerprint density at radius 2 is 1.94 bits per heavy atom. The first-order valence-electron chi connectivity index (χ1n) is 12.4. The SMILES string of the molecule is Cc1nc(NCCC2(O)CCCC2)nc(NC2CCC(CO)C2)c1-c1nc2c(C)nccc2s1. The first-order chi connectivity index (χ1) is 16.4. The van der Waals surface area contributed by atoms with Crippen LogP contribution in [-0.2, 0) is 0 Å². The molecule has 8 nitrogen and oxygen atoms in total. The molecule has 0 aliphatic heterocycles. The van der Waals surface area contributed by atoms with Gasteiger partial charge in [-0.05, 0) is 64.4 Å². The van der Waals surface area contributed by atoms with Crippen LogP contribution in [0.3, 0.4) is 0 Å². The Kier molecular flexibility index (Phi) is 6.68. The van der Waals surface area contributed by atoms with E-state index in [2.05, 4.69) is 15.6 Å². The number of aryl methyl sites for hydroxylation is 2. The van der Waals surface area contributed by atoms with E-state index in [1.165, 1.54) is 0 Å². The second-order valence-electron chi connectivity index (χ2n) is 9.93. The van der Waals surface area contributed by atoms with Crippen LogP contribution in [0.25, 0.3) is 20.8 Å². The Labute approximate surface area is 204 Å². The molecular formula is C25H34N6O2S. The molecular weight excluding hydrogens is 448 g/mol. The summed E-state index contributed by atoms with van der Waals surface area (Å²) in [7, 11) is 0. The molecule has 2 atom stereocenters. The van der Waals surface area contributed by atoms with Crippen molar-refractivity contribution in [3.63, 3.8) is 0 Å². The van der Waals surface area contributed by atoms with E-state index in [-0.39, 0.29) is 12.6 Å². The lowest BCUT2D eigenvalue weighted by Crippen LogP contribution is -2.27. The molecule has 0 saturated heterocycles. The van der Waals surface area contributed by atoms with E-state index >= 15 is 0 Å². The number of nitrogens with one attached hydrogen (secondary N) is 2. The standard InChI is InChI=1S/C25H34N6O2S/c1-15-20(23-30-21-16(2)26-11-7-19(21)34-23)22(29-18-6-5-17(13-18)14-32)31-24(28-15)27-12-10-25(33)8-3-4-9-25/h7,11,17-18,32-33H,3-6,8-10,12-14H2,1-2H3,(H2,27,28,29,31). The molecule has 2 aliphatic carbocycles. The third kappa shape index (κ3) is 4.87. The maximum Gasteiger partial charge on any atom is 0.224 e. The van der Waals surface area contributed by atoms with E-state index in [4.69, 9.17) is 15.0 Å². The number of anilines is 2. The largest absolute Gasteiger partial charge is 0.396 e. The van der Waals surface area contributed by atoms with Crippen molar-refractivity contribution in [1.82, 2.24) is 19.9 Å². The van der Waals surface area contributed by atoms with E-state index in [0.717, 1.165) is 82.9 Å². The van der Waals surface area contributed by atoms with Crippen molar-refractivity contribution in [1.29, 1.82) is 0 Å². The van der Waals surface area contributed by atoms with Crippen molar-refractivity contribution in [3.8, 4) is 10.6 Å².